The molecule has 5 heterocycles. The lowest BCUT2D eigenvalue weighted by molar-refractivity contribution is -0.116. The van der Waals surface area contributed by atoms with E-state index < -0.39 is 21.0 Å². The summed E-state index contributed by atoms with van der Waals surface area (Å²) >= 11 is 0. The van der Waals surface area contributed by atoms with Gasteiger partial charge >= 0.3 is 0 Å². The van der Waals surface area contributed by atoms with Crippen molar-refractivity contribution in [3.8, 4) is 33.8 Å². The fourth-order valence-corrected chi connectivity index (χ4v) is 5.60. The fraction of sp³-hybridized carbons (Fsp3) is 0.167. The van der Waals surface area contributed by atoms with Gasteiger partial charge in [-0.15, -0.1) is 0 Å². The molecular formula is C30H27FN8O3S. The van der Waals surface area contributed by atoms with Crippen LogP contribution < -0.4 is 11.1 Å². The van der Waals surface area contributed by atoms with Gasteiger partial charge in [0.2, 0.25) is 5.91 Å². The topological polar surface area (TPSA) is 172 Å². The van der Waals surface area contributed by atoms with Crippen LogP contribution in [0, 0.1) is 5.82 Å². The summed E-state index contributed by atoms with van der Waals surface area (Å²) in [7, 11) is -3.64. The minimum Gasteiger partial charge on any atom is -0.352 e. The standard InChI is InChI=1S/C30H27FN8O3S/c1-3-4-28(40)36-20-8-18(11-33-12-20)24-10-22-27(15-35-24)38-39-29(22)25-9-21-23(13-34-14-26(21)37-25)16-5-17(7-19(31)6-16)30(32)43(2,41)42/h5-15,30,37H,3-4,32H2,1-2H3,(H,36,40)(H,38,39). The molecule has 6 aromatic rings. The van der Waals surface area contributed by atoms with Crippen LogP contribution in [-0.4, -0.2) is 50.7 Å². The maximum atomic E-state index is 14.6. The number of H-pyrrole nitrogens is 2. The first-order valence-corrected chi connectivity index (χ1v) is 15.4. The zero-order chi connectivity index (χ0) is 30.3. The Labute approximate surface area is 245 Å². The van der Waals surface area contributed by atoms with Crippen molar-refractivity contribution in [2.75, 3.05) is 11.6 Å². The number of nitrogens with zero attached hydrogens (tertiary/aromatic N) is 4. The predicted octanol–water partition coefficient (Wildman–Crippen LogP) is 5.11. The van der Waals surface area contributed by atoms with Crippen molar-refractivity contribution in [3.05, 3.63) is 78.8 Å². The SMILES string of the molecule is CCCC(=O)Nc1cncc(-c2cc3c(-c4cc5c(-c6cc(F)cc(C(N)S(C)(=O)=O)c6)cncc5[nH]4)n[nH]c3cn2)c1. The van der Waals surface area contributed by atoms with E-state index >= 15 is 0 Å². The number of nitrogens with two attached hydrogens (primary N) is 1. The lowest BCUT2D eigenvalue weighted by Gasteiger charge is -2.12. The molecule has 5 aromatic heterocycles. The van der Waals surface area contributed by atoms with Crippen molar-refractivity contribution >= 4 is 43.2 Å². The van der Waals surface area contributed by atoms with Crippen molar-refractivity contribution < 1.29 is 17.6 Å². The van der Waals surface area contributed by atoms with Crippen molar-refractivity contribution in [2.45, 2.75) is 25.1 Å². The van der Waals surface area contributed by atoms with E-state index in [0.29, 0.717) is 51.4 Å². The first-order valence-electron chi connectivity index (χ1n) is 13.4. The van der Waals surface area contributed by atoms with Gasteiger partial charge in [-0.3, -0.25) is 24.8 Å². The van der Waals surface area contributed by atoms with Crippen molar-refractivity contribution in [1.29, 1.82) is 0 Å². The highest BCUT2D eigenvalue weighted by Crippen LogP contribution is 2.35. The van der Waals surface area contributed by atoms with E-state index in [4.69, 9.17) is 5.73 Å². The zero-order valence-electron chi connectivity index (χ0n) is 23.2. The molecule has 218 valence electrons. The Balaban J connectivity index is 1.40. The minimum absolute atomic E-state index is 0.0811. The first kappa shape index (κ1) is 28.1. The van der Waals surface area contributed by atoms with Crippen LogP contribution in [0.1, 0.15) is 30.7 Å². The van der Waals surface area contributed by atoms with Crippen LogP contribution in [0.2, 0.25) is 0 Å². The lowest BCUT2D eigenvalue weighted by Crippen LogP contribution is -2.20. The molecule has 43 heavy (non-hydrogen) atoms. The molecule has 6 rings (SSSR count). The van der Waals surface area contributed by atoms with Crippen LogP contribution in [-0.2, 0) is 14.6 Å². The van der Waals surface area contributed by atoms with Gasteiger partial charge in [-0.2, -0.15) is 5.10 Å². The molecule has 5 N–H and O–H groups in total. The summed E-state index contributed by atoms with van der Waals surface area (Å²) in [5, 5.41) is 10.5. The molecule has 13 heteroatoms. The van der Waals surface area contributed by atoms with Crippen LogP contribution in [0.3, 0.4) is 0 Å². The van der Waals surface area contributed by atoms with Gasteiger partial charge in [0.25, 0.3) is 0 Å². The summed E-state index contributed by atoms with van der Waals surface area (Å²) in [5.74, 6) is -0.691. The third kappa shape index (κ3) is 5.59. The maximum absolute atomic E-state index is 14.6. The second-order valence-corrected chi connectivity index (χ2v) is 12.5. The molecule has 0 fully saturated rings. The van der Waals surface area contributed by atoms with E-state index in [0.717, 1.165) is 35.1 Å². The Morgan fingerprint density at radius 3 is 2.58 bits per heavy atom. The zero-order valence-corrected chi connectivity index (χ0v) is 24.0. The molecule has 0 aliphatic carbocycles. The quantitative estimate of drug-likeness (QED) is 0.187. The number of benzene rings is 1. The highest BCUT2D eigenvalue weighted by Gasteiger charge is 2.21. The maximum Gasteiger partial charge on any atom is 0.224 e. The Morgan fingerprint density at radius 1 is 0.977 bits per heavy atom. The number of pyridine rings is 3. The molecule has 0 aliphatic rings. The van der Waals surface area contributed by atoms with Crippen molar-refractivity contribution in [3.63, 3.8) is 0 Å². The molecule has 1 amide bonds. The second-order valence-electron chi connectivity index (χ2n) is 10.3. The average Bonchev–Trinajstić information content (AvgIpc) is 3.60. The normalized spacial score (nSPS) is 12.6. The van der Waals surface area contributed by atoms with Crippen LogP contribution in [0.5, 0.6) is 0 Å². The number of hydrogen-bond acceptors (Lipinski definition) is 8. The van der Waals surface area contributed by atoms with Gasteiger partial charge in [0.1, 0.15) is 16.9 Å². The van der Waals surface area contributed by atoms with Gasteiger partial charge < -0.3 is 16.0 Å². The van der Waals surface area contributed by atoms with E-state index in [1.807, 2.05) is 25.1 Å². The van der Waals surface area contributed by atoms with Gasteiger partial charge in [0.15, 0.2) is 9.84 Å². The molecule has 1 aromatic carbocycles. The molecule has 1 unspecified atom stereocenters. The molecule has 0 spiro atoms. The Bertz CT molecular complexity index is 2120. The van der Waals surface area contributed by atoms with Gasteiger partial charge in [-0.25, -0.2) is 12.8 Å². The average molecular weight is 599 g/mol. The highest BCUT2D eigenvalue weighted by atomic mass is 32.2. The number of carbonyl (C=O) groups is 1. The number of aromatic amines is 2. The Hall–Kier alpha value is -5.01. The number of aromatic nitrogens is 6. The fourth-order valence-electron chi connectivity index (χ4n) is 4.97. The lowest BCUT2D eigenvalue weighted by atomic mass is 10.0. The number of amides is 1. The first-order chi connectivity index (χ1) is 20.6. The van der Waals surface area contributed by atoms with E-state index in [2.05, 4.69) is 35.5 Å². The molecule has 0 saturated carbocycles. The summed E-state index contributed by atoms with van der Waals surface area (Å²) in [5.41, 5.74) is 11.7. The van der Waals surface area contributed by atoms with Gasteiger partial charge in [-0.05, 0) is 53.9 Å². The number of nitrogens with one attached hydrogen (secondary N) is 3. The van der Waals surface area contributed by atoms with Crippen LogP contribution >= 0.6 is 0 Å². The summed E-state index contributed by atoms with van der Waals surface area (Å²) < 4.78 is 38.7. The summed E-state index contributed by atoms with van der Waals surface area (Å²) in [6.07, 6.45) is 10.4. The summed E-state index contributed by atoms with van der Waals surface area (Å²) in [4.78, 5) is 28.5. The number of rotatable bonds is 8. The predicted molar refractivity (Wildman–Crippen MR) is 163 cm³/mol. The number of carbonyl (C=O) groups excluding carboxylic acids is 1. The largest absolute Gasteiger partial charge is 0.352 e. The van der Waals surface area contributed by atoms with E-state index in [9.17, 15) is 17.6 Å². The number of halogens is 1. The molecule has 11 nitrogen and oxygen atoms in total. The van der Waals surface area contributed by atoms with Crippen molar-refractivity contribution in [2.24, 2.45) is 5.73 Å². The monoisotopic (exact) mass is 598 g/mol. The summed E-state index contributed by atoms with van der Waals surface area (Å²) in [6.45, 7) is 1.94. The number of anilines is 1. The molecule has 1 atom stereocenters. The summed E-state index contributed by atoms with van der Waals surface area (Å²) in [6, 6.07) is 9.59. The third-order valence-corrected chi connectivity index (χ3v) is 8.26. The Kier molecular flexibility index (Phi) is 7.20. The van der Waals surface area contributed by atoms with E-state index in [-0.39, 0.29) is 11.5 Å². The number of hydrogen-bond donors (Lipinski definition) is 4. The molecule has 0 saturated heterocycles. The molecule has 0 bridgehead atoms. The molecule has 0 radical (unpaired) electrons. The van der Waals surface area contributed by atoms with E-state index in [1.165, 1.54) is 6.07 Å². The minimum atomic E-state index is -3.64. The van der Waals surface area contributed by atoms with Crippen molar-refractivity contribution in [1.82, 2.24) is 30.1 Å². The van der Waals surface area contributed by atoms with Gasteiger partial charge in [0, 0.05) is 47.0 Å². The van der Waals surface area contributed by atoms with Crippen LogP contribution in [0.25, 0.3) is 55.6 Å². The van der Waals surface area contributed by atoms with Gasteiger partial charge in [-0.1, -0.05) is 6.92 Å². The molecular weight excluding hydrogens is 571 g/mol. The van der Waals surface area contributed by atoms with Crippen LogP contribution in [0.4, 0.5) is 10.1 Å². The Morgan fingerprint density at radius 2 is 1.79 bits per heavy atom. The second kappa shape index (κ2) is 11.0. The van der Waals surface area contributed by atoms with E-state index in [1.54, 1.807) is 37.1 Å². The smallest absolute Gasteiger partial charge is 0.224 e. The number of fused-ring (bicyclic) bond motifs is 2. The van der Waals surface area contributed by atoms with Gasteiger partial charge in [0.05, 0.1) is 46.7 Å². The number of sulfone groups is 1. The third-order valence-electron chi connectivity index (χ3n) is 7.06. The molecule has 0 aliphatic heterocycles. The highest BCUT2D eigenvalue weighted by molar-refractivity contribution is 7.90. The van der Waals surface area contributed by atoms with Crippen LogP contribution in [0.15, 0.2) is 67.4 Å².